The van der Waals surface area contributed by atoms with Gasteiger partial charge in [-0.1, -0.05) is 27.7 Å². The summed E-state index contributed by atoms with van der Waals surface area (Å²) in [5.41, 5.74) is 7.14. The Bertz CT molecular complexity index is 370. The quantitative estimate of drug-likeness (QED) is 0.814. The molecule has 0 radical (unpaired) electrons. The van der Waals surface area contributed by atoms with Crippen LogP contribution in [-0.2, 0) is 0 Å². The molecular formula is C16H29N3. The van der Waals surface area contributed by atoms with E-state index in [1.54, 1.807) is 0 Å². The van der Waals surface area contributed by atoms with Crippen molar-refractivity contribution in [3.05, 3.63) is 23.9 Å². The van der Waals surface area contributed by atoms with Gasteiger partial charge in [-0.25, -0.2) is 4.98 Å². The molecule has 0 saturated carbocycles. The molecule has 0 aliphatic heterocycles. The van der Waals surface area contributed by atoms with Crippen molar-refractivity contribution in [2.75, 3.05) is 11.4 Å². The highest BCUT2D eigenvalue weighted by Gasteiger charge is 2.18. The number of nitrogens with two attached hydrogens (primary N) is 1. The third-order valence-electron chi connectivity index (χ3n) is 3.53. The van der Waals surface area contributed by atoms with Crippen LogP contribution in [0.15, 0.2) is 18.3 Å². The molecule has 1 aromatic heterocycles. The largest absolute Gasteiger partial charge is 0.353 e. The van der Waals surface area contributed by atoms with Gasteiger partial charge >= 0.3 is 0 Å². The highest BCUT2D eigenvalue weighted by molar-refractivity contribution is 5.43. The minimum Gasteiger partial charge on any atom is -0.353 e. The monoisotopic (exact) mass is 263 g/mol. The highest BCUT2D eigenvalue weighted by Crippen LogP contribution is 2.22. The second-order valence-corrected chi connectivity index (χ2v) is 5.75. The summed E-state index contributed by atoms with van der Waals surface area (Å²) >= 11 is 0. The molecule has 1 aromatic rings. The van der Waals surface area contributed by atoms with Gasteiger partial charge in [0, 0.05) is 24.8 Å². The van der Waals surface area contributed by atoms with E-state index in [1.807, 2.05) is 19.2 Å². The molecule has 2 N–H and O–H groups in total. The van der Waals surface area contributed by atoms with Gasteiger partial charge in [0.15, 0.2) is 0 Å². The lowest BCUT2D eigenvalue weighted by atomic mass is 10.1. The number of hydrogen-bond donors (Lipinski definition) is 1. The van der Waals surface area contributed by atoms with E-state index in [0.717, 1.165) is 30.8 Å². The Morgan fingerprint density at radius 2 is 1.84 bits per heavy atom. The Kier molecular flexibility index (Phi) is 6.29. The maximum Gasteiger partial charge on any atom is 0.129 e. The van der Waals surface area contributed by atoms with E-state index in [-0.39, 0.29) is 6.04 Å². The van der Waals surface area contributed by atoms with E-state index < -0.39 is 0 Å². The van der Waals surface area contributed by atoms with Gasteiger partial charge in [-0.05, 0) is 43.4 Å². The van der Waals surface area contributed by atoms with Crippen molar-refractivity contribution in [2.24, 2.45) is 11.7 Å². The van der Waals surface area contributed by atoms with Crippen molar-refractivity contribution in [1.29, 1.82) is 0 Å². The third-order valence-corrected chi connectivity index (χ3v) is 3.53. The summed E-state index contributed by atoms with van der Waals surface area (Å²) in [6, 6.07) is 4.77. The van der Waals surface area contributed by atoms with E-state index >= 15 is 0 Å². The fourth-order valence-corrected chi connectivity index (χ4v) is 2.43. The predicted molar refractivity (Wildman–Crippen MR) is 83.4 cm³/mol. The number of rotatable bonds is 7. The molecule has 1 unspecified atom stereocenters. The van der Waals surface area contributed by atoms with Gasteiger partial charge in [0.2, 0.25) is 0 Å². The van der Waals surface area contributed by atoms with Crippen LogP contribution in [0.4, 0.5) is 5.82 Å². The summed E-state index contributed by atoms with van der Waals surface area (Å²) in [5, 5.41) is 0. The van der Waals surface area contributed by atoms with Crippen LogP contribution in [0.2, 0.25) is 0 Å². The Morgan fingerprint density at radius 3 is 2.32 bits per heavy atom. The molecular weight excluding hydrogens is 234 g/mol. The van der Waals surface area contributed by atoms with Crippen molar-refractivity contribution < 1.29 is 0 Å². The molecule has 0 aliphatic carbocycles. The molecule has 19 heavy (non-hydrogen) atoms. The number of nitrogens with zero attached hydrogens (tertiary/aromatic N) is 2. The summed E-state index contributed by atoms with van der Waals surface area (Å²) in [6.45, 7) is 12.1. The molecule has 3 heteroatoms. The van der Waals surface area contributed by atoms with Crippen LogP contribution < -0.4 is 10.6 Å². The molecule has 0 amide bonds. The Labute approximate surface area is 118 Å². The third kappa shape index (κ3) is 4.50. The number of pyridine rings is 1. The summed E-state index contributed by atoms with van der Waals surface area (Å²) in [4.78, 5) is 7.00. The fraction of sp³-hybridized carbons (Fsp3) is 0.688. The molecule has 0 spiro atoms. The molecule has 0 fully saturated rings. The van der Waals surface area contributed by atoms with Crippen molar-refractivity contribution in [3.8, 4) is 0 Å². The molecule has 1 heterocycles. The smallest absolute Gasteiger partial charge is 0.129 e. The van der Waals surface area contributed by atoms with Gasteiger partial charge < -0.3 is 10.6 Å². The van der Waals surface area contributed by atoms with Crippen LogP contribution in [0.1, 0.15) is 59.1 Å². The Balaban J connectivity index is 3.05. The maximum atomic E-state index is 5.98. The number of aromatic nitrogens is 1. The zero-order valence-corrected chi connectivity index (χ0v) is 13.1. The normalized spacial score (nSPS) is 13.1. The van der Waals surface area contributed by atoms with Gasteiger partial charge in [0.05, 0.1) is 0 Å². The van der Waals surface area contributed by atoms with Crippen molar-refractivity contribution in [2.45, 2.75) is 59.5 Å². The first-order valence-corrected chi connectivity index (χ1v) is 7.47. The van der Waals surface area contributed by atoms with Crippen LogP contribution >= 0.6 is 0 Å². The SMILES string of the molecule is CCC(CC)N(CC(C)C)c1cc(C(C)N)ccn1. The first-order chi connectivity index (χ1) is 8.99. The Hall–Kier alpha value is -1.09. The summed E-state index contributed by atoms with van der Waals surface area (Å²) < 4.78 is 0. The van der Waals surface area contributed by atoms with Gasteiger partial charge in [-0.15, -0.1) is 0 Å². The average Bonchev–Trinajstić information content (AvgIpc) is 2.38. The predicted octanol–water partition coefficient (Wildman–Crippen LogP) is 3.75. The van der Waals surface area contributed by atoms with Crippen LogP contribution in [0.25, 0.3) is 0 Å². The van der Waals surface area contributed by atoms with Crippen LogP contribution in [0.3, 0.4) is 0 Å². The first kappa shape index (κ1) is 16.0. The molecule has 0 saturated heterocycles. The molecule has 1 atom stereocenters. The lowest BCUT2D eigenvalue weighted by Gasteiger charge is -2.33. The van der Waals surface area contributed by atoms with Gasteiger partial charge in [0.25, 0.3) is 0 Å². The second-order valence-electron chi connectivity index (χ2n) is 5.75. The summed E-state index contributed by atoms with van der Waals surface area (Å²) in [7, 11) is 0. The highest BCUT2D eigenvalue weighted by atomic mass is 15.2. The molecule has 0 aromatic carbocycles. The lowest BCUT2D eigenvalue weighted by molar-refractivity contribution is 0.503. The molecule has 0 bridgehead atoms. The minimum atomic E-state index is 0.0596. The van der Waals surface area contributed by atoms with E-state index in [2.05, 4.69) is 43.6 Å². The lowest BCUT2D eigenvalue weighted by Crippen LogP contribution is -2.38. The fourth-order valence-electron chi connectivity index (χ4n) is 2.43. The average molecular weight is 263 g/mol. The standard InChI is InChI=1S/C16H29N3/c1-6-15(7-2)19(11-12(3)4)16-10-14(13(5)17)8-9-18-16/h8-10,12-13,15H,6-7,11,17H2,1-5H3. The van der Waals surface area contributed by atoms with Gasteiger partial charge in [0.1, 0.15) is 5.82 Å². The van der Waals surface area contributed by atoms with Crippen molar-refractivity contribution in [1.82, 2.24) is 4.98 Å². The second kappa shape index (κ2) is 7.49. The minimum absolute atomic E-state index is 0.0596. The number of hydrogen-bond acceptors (Lipinski definition) is 3. The van der Waals surface area contributed by atoms with E-state index in [0.29, 0.717) is 12.0 Å². The van der Waals surface area contributed by atoms with Gasteiger partial charge in [-0.2, -0.15) is 0 Å². The number of anilines is 1. The van der Waals surface area contributed by atoms with E-state index in [4.69, 9.17) is 5.73 Å². The van der Waals surface area contributed by atoms with Gasteiger partial charge in [-0.3, -0.25) is 0 Å². The van der Waals surface area contributed by atoms with Crippen molar-refractivity contribution >= 4 is 5.82 Å². The zero-order chi connectivity index (χ0) is 14.4. The molecule has 0 aliphatic rings. The van der Waals surface area contributed by atoms with Crippen LogP contribution in [0, 0.1) is 5.92 Å². The molecule has 108 valence electrons. The Morgan fingerprint density at radius 1 is 1.21 bits per heavy atom. The van der Waals surface area contributed by atoms with Crippen LogP contribution in [-0.4, -0.2) is 17.6 Å². The molecule has 1 rings (SSSR count). The van der Waals surface area contributed by atoms with Crippen molar-refractivity contribution in [3.63, 3.8) is 0 Å². The topological polar surface area (TPSA) is 42.1 Å². The maximum absolute atomic E-state index is 5.98. The van der Waals surface area contributed by atoms with E-state index in [1.165, 1.54) is 0 Å². The summed E-state index contributed by atoms with van der Waals surface area (Å²) in [5.74, 6) is 1.69. The zero-order valence-electron chi connectivity index (χ0n) is 13.1. The molecule has 3 nitrogen and oxygen atoms in total. The summed E-state index contributed by atoms with van der Waals surface area (Å²) in [6.07, 6.45) is 4.17. The van der Waals surface area contributed by atoms with Crippen LogP contribution in [0.5, 0.6) is 0 Å². The first-order valence-electron chi connectivity index (χ1n) is 7.47. The van der Waals surface area contributed by atoms with E-state index in [9.17, 15) is 0 Å².